The topological polar surface area (TPSA) is 38.7 Å². The smallest absolute Gasteiger partial charge is 0.164 e. The Labute approximate surface area is 238 Å². The van der Waals surface area contributed by atoms with Crippen molar-refractivity contribution in [2.75, 3.05) is 0 Å². The van der Waals surface area contributed by atoms with Crippen molar-refractivity contribution >= 4 is 45.6 Å². The van der Waals surface area contributed by atoms with Crippen LogP contribution in [0.1, 0.15) is 0 Å². The summed E-state index contributed by atoms with van der Waals surface area (Å²) >= 11 is 0. The van der Waals surface area contributed by atoms with Gasteiger partial charge in [-0.3, -0.25) is 0 Å². The highest BCUT2D eigenvalue weighted by Crippen LogP contribution is 2.39. The van der Waals surface area contributed by atoms with Gasteiger partial charge in [0, 0.05) is 16.7 Å². The lowest BCUT2D eigenvalue weighted by Gasteiger charge is -2.15. The van der Waals surface area contributed by atoms with Crippen molar-refractivity contribution in [3.05, 3.63) is 133 Å². The number of hydrogen-bond donors (Lipinski definition) is 0. The van der Waals surface area contributed by atoms with E-state index < -0.39 is 0 Å². The third kappa shape index (κ3) is 4.04. The Hall–Kier alpha value is -5.35. The van der Waals surface area contributed by atoms with E-state index in [1.165, 1.54) is 32.3 Å². The maximum absolute atomic E-state index is 6.55. The molecule has 0 atom stereocenters. The molecule has 3 nitrogen and oxygen atoms in total. The molecule has 8 aromatic rings. The lowest BCUT2D eigenvalue weighted by Crippen LogP contribution is -2.06. The van der Waals surface area contributed by atoms with Crippen LogP contribution in [0.4, 0.5) is 0 Å². The first-order valence-corrected chi connectivity index (χ1v) is 13.7. The molecule has 4 heteroatoms. The van der Waals surface area contributed by atoms with Gasteiger partial charge in [0.15, 0.2) is 17.5 Å². The van der Waals surface area contributed by atoms with E-state index in [1.807, 2.05) is 72.8 Å². The minimum Gasteiger partial charge on any atom is -0.208 e. The summed E-state index contributed by atoms with van der Waals surface area (Å²) in [5.41, 5.74) is 5.54. The number of aromatic nitrogens is 3. The van der Waals surface area contributed by atoms with Crippen LogP contribution < -0.4 is 5.46 Å². The molecule has 188 valence electrons. The second-order valence-corrected chi connectivity index (χ2v) is 10.4. The lowest BCUT2D eigenvalue weighted by molar-refractivity contribution is 1.07. The van der Waals surface area contributed by atoms with Crippen molar-refractivity contribution in [2.24, 2.45) is 0 Å². The number of hydrogen-bond acceptors (Lipinski definition) is 3. The monoisotopic (exact) mass is 519 g/mol. The van der Waals surface area contributed by atoms with Crippen molar-refractivity contribution in [1.82, 2.24) is 15.0 Å². The molecular weight excluding hydrogens is 497 g/mol. The van der Waals surface area contributed by atoms with Gasteiger partial charge in [0.2, 0.25) is 0 Å². The summed E-state index contributed by atoms with van der Waals surface area (Å²) in [5, 5.41) is 7.51. The Morgan fingerprint density at radius 3 is 1.54 bits per heavy atom. The van der Waals surface area contributed by atoms with E-state index in [0.717, 1.165) is 27.8 Å². The van der Waals surface area contributed by atoms with E-state index >= 15 is 0 Å². The molecule has 0 unspecified atom stereocenters. The fourth-order valence-corrected chi connectivity index (χ4v) is 5.86. The van der Waals surface area contributed by atoms with Crippen LogP contribution >= 0.6 is 0 Å². The molecule has 0 bridgehead atoms. The second-order valence-electron chi connectivity index (χ2n) is 10.4. The summed E-state index contributed by atoms with van der Waals surface area (Å²) in [6.07, 6.45) is 0. The summed E-state index contributed by atoms with van der Waals surface area (Å²) in [6.45, 7) is 0. The maximum atomic E-state index is 6.55. The van der Waals surface area contributed by atoms with Crippen molar-refractivity contribution < 1.29 is 0 Å². The number of nitrogens with zero attached hydrogens (tertiary/aromatic N) is 3. The summed E-state index contributed by atoms with van der Waals surface area (Å²) in [4.78, 5) is 14.7. The molecule has 0 amide bonds. The molecule has 1 aromatic heterocycles. The van der Waals surface area contributed by atoms with Crippen LogP contribution in [0.25, 0.3) is 77.6 Å². The predicted octanol–water partition coefficient (Wildman–Crippen LogP) is 8.23. The van der Waals surface area contributed by atoms with Crippen LogP contribution in [0.2, 0.25) is 0 Å². The zero-order chi connectivity index (χ0) is 27.3. The Morgan fingerprint density at radius 2 is 0.902 bits per heavy atom. The Balaban J connectivity index is 1.34. The summed E-state index contributed by atoms with van der Waals surface area (Å²) < 4.78 is 0. The molecule has 0 saturated heterocycles. The molecule has 2 radical (unpaired) electrons. The maximum Gasteiger partial charge on any atom is 0.164 e. The van der Waals surface area contributed by atoms with Gasteiger partial charge in [0.1, 0.15) is 7.85 Å². The molecule has 0 aliphatic heterocycles. The molecule has 7 aromatic carbocycles. The Morgan fingerprint density at radius 1 is 0.390 bits per heavy atom. The van der Waals surface area contributed by atoms with Crippen molar-refractivity contribution in [3.8, 4) is 45.3 Å². The zero-order valence-electron chi connectivity index (χ0n) is 22.1. The highest BCUT2D eigenvalue weighted by Gasteiger charge is 2.16. The van der Waals surface area contributed by atoms with Gasteiger partial charge >= 0.3 is 0 Å². The minimum atomic E-state index is 0.587. The molecule has 8 rings (SSSR count). The molecule has 0 N–H and O–H groups in total. The first kappa shape index (κ1) is 23.5. The molecule has 0 spiro atoms. The van der Waals surface area contributed by atoms with Gasteiger partial charge in [-0.05, 0) is 49.5 Å². The number of rotatable bonds is 4. The fourth-order valence-electron chi connectivity index (χ4n) is 5.86. The van der Waals surface area contributed by atoms with E-state index in [-0.39, 0.29) is 0 Å². The van der Waals surface area contributed by atoms with Gasteiger partial charge in [-0.25, -0.2) is 15.0 Å². The Kier molecular flexibility index (Phi) is 5.39. The SMILES string of the molecule is [B]c1cc(-c2nc(-c3ccccc3)nc(-c3ccccc3)n2)cc(-c2ccc3ccc4cccc5ccc2c3c45)c1. The van der Waals surface area contributed by atoms with E-state index in [4.69, 9.17) is 22.8 Å². The van der Waals surface area contributed by atoms with Gasteiger partial charge in [0.05, 0.1) is 0 Å². The largest absolute Gasteiger partial charge is 0.208 e. The molecule has 0 fully saturated rings. The van der Waals surface area contributed by atoms with Crippen molar-refractivity contribution in [1.29, 1.82) is 0 Å². The average Bonchev–Trinajstić information content (AvgIpc) is 3.04. The van der Waals surface area contributed by atoms with Crippen LogP contribution in [0, 0.1) is 0 Å². The van der Waals surface area contributed by atoms with Crippen molar-refractivity contribution in [3.63, 3.8) is 0 Å². The summed E-state index contributed by atoms with van der Waals surface area (Å²) in [5.74, 6) is 1.84. The first-order chi connectivity index (χ1) is 20.2. The average molecular weight is 519 g/mol. The van der Waals surface area contributed by atoms with Crippen LogP contribution in [0.5, 0.6) is 0 Å². The standard InChI is InChI=1S/C37H22BN3/c38-30-21-28(31-18-16-25-15-14-23-12-7-13-24-17-19-32(31)34(25)33(23)24)20-29(22-30)37-40-35(26-8-3-1-4-9-26)39-36(41-37)27-10-5-2-6-11-27/h1-22H. The third-order valence-corrected chi connectivity index (χ3v) is 7.75. The third-order valence-electron chi connectivity index (χ3n) is 7.75. The highest BCUT2D eigenvalue weighted by atomic mass is 15.0. The molecular formula is C37H22BN3. The minimum absolute atomic E-state index is 0.587. The number of benzene rings is 7. The van der Waals surface area contributed by atoms with Gasteiger partial charge in [-0.1, -0.05) is 133 Å². The lowest BCUT2D eigenvalue weighted by atomic mass is 9.86. The van der Waals surface area contributed by atoms with Gasteiger partial charge in [0.25, 0.3) is 0 Å². The van der Waals surface area contributed by atoms with Crippen LogP contribution in [-0.4, -0.2) is 22.8 Å². The van der Waals surface area contributed by atoms with E-state index in [9.17, 15) is 0 Å². The summed E-state index contributed by atoms with van der Waals surface area (Å²) in [6, 6.07) is 45.9. The zero-order valence-corrected chi connectivity index (χ0v) is 22.1. The van der Waals surface area contributed by atoms with Gasteiger partial charge in [-0.2, -0.15) is 0 Å². The Bertz CT molecular complexity index is 2140. The van der Waals surface area contributed by atoms with E-state index in [0.29, 0.717) is 22.9 Å². The van der Waals surface area contributed by atoms with Crippen molar-refractivity contribution in [2.45, 2.75) is 0 Å². The normalized spacial score (nSPS) is 11.5. The van der Waals surface area contributed by atoms with Crippen LogP contribution in [0.15, 0.2) is 133 Å². The highest BCUT2D eigenvalue weighted by molar-refractivity contribution is 6.33. The molecule has 0 aliphatic carbocycles. The van der Waals surface area contributed by atoms with Crippen LogP contribution in [-0.2, 0) is 0 Å². The molecule has 41 heavy (non-hydrogen) atoms. The molecule has 1 heterocycles. The van der Waals surface area contributed by atoms with E-state index in [2.05, 4.69) is 60.7 Å². The predicted molar refractivity (Wildman–Crippen MR) is 171 cm³/mol. The quantitative estimate of drug-likeness (QED) is 0.174. The second kappa shape index (κ2) is 9.39. The van der Waals surface area contributed by atoms with Gasteiger partial charge < -0.3 is 0 Å². The van der Waals surface area contributed by atoms with E-state index in [1.54, 1.807) is 0 Å². The molecule has 0 aliphatic rings. The van der Waals surface area contributed by atoms with Gasteiger partial charge in [-0.15, -0.1) is 0 Å². The summed E-state index contributed by atoms with van der Waals surface area (Å²) in [7, 11) is 6.55. The molecule has 0 saturated carbocycles. The first-order valence-electron chi connectivity index (χ1n) is 13.7. The van der Waals surface area contributed by atoms with Crippen LogP contribution in [0.3, 0.4) is 0 Å². The fraction of sp³-hybridized carbons (Fsp3) is 0.